The number of carbonyl (C=O) groups is 2. The van der Waals surface area contributed by atoms with Crippen LogP contribution in [-0.2, 0) is 22.5 Å². The number of hydrogen-bond donors (Lipinski definition) is 0. The Morgan fingerprint density at radius 1 is 1.04 bits per heavy atom. The third-order valence-electron chi connectivity index (χ3n) is 5.53. The number of hydrogen-bond acceptors (Lipinski definition) is 4. The number of benzene rings is 1. The van der Waals surface area contributed by atoms with Crippen LogP contribution in [0.5, 0.6) is 0 Å². The van der Waals surface area contributed by atoms with Crippen LogP contribution in [-0.4, -0.2) is 58.1 Å². The number of pyridine rings is 1. The maximum atomic E-state index is 12.8. The predicted molar refractivity (Wildman–Crippen MR) is 103 cm³/mol. The zero-order chi connectivity index (χ0) is 19.6. The minimum atomic E-state index is -0.532. The normalized spacial score (nSPS) is 21.4. The van der Waals surface area contributed by atoms with Gasteiger partial charge in [-0.1, -0.05) is 36.4 Å². The number of ether oxygens (including phenoxy) is 1. The Bertz CT molecular complexity index is 927. The first-order valence-corrected chi connectivity index (χ1v) is 9.49. The van der Waals surface area contributed by atoms with Crippen LogP contribution in [0.15, 0.2) is 59.5 Å². The topological polar surface area (TPSA) is 71.9 Å². The van der Waals surface area contributed by atoms with Crippen LogP contribution in [0.25, 0.3) is 0 Å². The standard InChI is InChI=1S/C21H23N3O4/c25-18-8-4-5-10-22(18)11-9-19(26)23-12-13-24-20(27)28-16-21(24,15-23)14-17-6-2-1-3-7-17/h1-8,10H,9,11-16H2. The molecular formula is C21H23N3O4. The molecule has 2 fully saturated rings. The first-order chi connectivity index (χ1) is 13.6. The van der Waals surface area contributed by atoms with Crippen LogP contribution >= 0.6 is 0 Å². The maximum Gasteiger partial charge on any atom is 0.410 e. The maximum absolute atomic E-state index is 12.8. The summed E-state index contributed by atoms with van der Waals surface area (Å²) >= 11 is 0. The van der Waals surface area contributed by atoms with E-state index in [2.05, 4.69) is 0 Å². The summed E-state index contributed by atoms with van der Waals surface area (Å²) < 4.78 is 6.89. The summed E-state index contributed by atoms with van der Waals surface area (Å²) in [4.78, 5) is 40.4. The van der Waals surface area contributed by atoms with Crippen LogP contribution in [0.1, 0.15) is 12.0 Å². The molecule has 2 amide bonds. The molecule has 7 nitrogen and oxygen atoms in total. The molecule has 1 atom stereocenters. The zero-order valence-electron chi connectivity index (χ0n) is 15.6. The number of piperazine rings is 1. The van der Waals surface area contributed by atoms with E-state index in [0.29, 0.717) is 32.6 Å². The number of carbonyl (C=O) groups excluding carboxylic acids is 2. The summed E-state index contributed by atoms with van der Waals surface area (Å²) in [6.45, 7) is 2.01. The lowest BCUT2D eigenvalue weighted by Crippen LogP contribution is -2.63. The van der Waals surface area contributed by atoms with Gasteiger partial charge in [-0.15, -0.1) is 0 Å². The summed E-state index contributed by atoms with van der Waals surface area (Å²) in [7, 11) is 0. The van der Waals surface area contributed by atoms with E-state index in [1.54, 1.807) is 28.1 Å². The summed E-state index contributed by atoms with van der Waals surface area (Å²) in [5, 5.41) is 0. The van der Waals surface area contributed by atoms with Crippen molar-refractivity contribution < 1.29 is 14.3 Å². The predicted octanol–water partition coefficient (Wildman–Crippen LogP) is 1.51. The Hall–Kier alpha value is -3.09. The smallest absolute Gasteiger partial charge is 0.410 e. The second-order valence-electron chi connectivity index (χ2n) is 7.39. The van der Waals surface area contributed by atoms with Gasteiger partial charge >= 0.3 is 6.09 Å². The first-order valence-electron chi connectivity index (χ1n) is 9.49. The highest BCUT2D eigenvalue weighted by atomic mass is 16.6. The summed E-state index contributed by atoms with van der Waals surface area (Å²) in [6.07, 6.45) is 2.27. The molecule has 2 aliphatic rings. The van der Waals surface area contributed by atoms with Crippen molar-refractivity contribution >= 4 is 12.0 Å². The Kier molecular flexibility index (Phi) is 4.90. The van der Waals surface area contributed by atoms with Gasteiger partial charge in [0.15, 0.2) is 0 Å². The molecule has 28 heavy (non-hydrogen) atoms. The molecule has 1 aromatic carbocycles. The van der Waals surface area contributed by atoms with Crippen molar-refractivity contribution in [1.82, 2.24) is 14.4 Å². The molecule has 0 aliphatic carbocycles. The number of aryl methyl sites for hydroxylation is 1. The second kappa shape index (κ2) is 7.50. The molecule has 0 radical (unpaired) electrons. The van der Waals surface area contributed by atoms with Gasteiger partial charge in [0.1, 0.15) is 12.1 Å². The average molecular weight is 381 g/mol. The highest BCUT2D eigenvalue weighted by Crippen LogP contribution is 2.32. The molecule has 3 heterocycles. The Labute approximate surface area is 163 Å². The minimum Gasteiger partial charge on any atom is -0.447 e. The fourth-order valence-electron chi connectivity index (χ4n) is 4.07. The van der Waals surface area contributed by atoms with Crippen molar-refractivity contribution in [1.29, 1.82) is 0 Å². The van der Waals surface area contributed by atoms with Crippen molar-refractivity contribution in [3.05, 3.63) is 70.6 Å². The van der Waals surface area contributed by atoms with E-state index >= 15 is 0 Å². The van der Waals surface area contributed by atoms with Crippen molar-refractivity contribution in [2.24, 2.45) is 0 Å². The molecule has 0 spiro atoms. The largest absolute Gasteiger partial charge is 0.447 e. The Morgan fingerprint density at radius 2 is 1.82 bits per heavy atom. The van der Waals surface area contributed by atoms with Gasteiger partial charge in [0.05, 0.1) is 0 Å². The van der Waals surface area contributed by atoms with E-state index < -0.39 is 5.54 Å². The fraction of sp³-hybridized carbons (Fsp3) is 0.381. The van der Waals surface area contributed by atoms with Crippen LogP contribution in [0, 0.1) is 0 Å². The van der Waals surface area contributed by atoms with Crippen molar-refractivity contribution in [3.63, 3.8) is 0 Å². The number of cyclic esters (lactones) is 1. The van der Waals surface area contributed by atoms with E-state index in [-0.39, 0.29) is 30.6 Å². The number of nitrogens with zero attached hydrogens (tertiary/aromatic N) is 3. The molecular weight excluding hydrogens is 358 g/mol. The number of fused-ring (bicyclic) bond motifs is 1. The van der Waals surface area contributed by atoms with Crippen LogP contribution in [0.3, 0.4) is 0 Å². The average Bonchev–Trinajstić information content (AvgIpc) is 3.03. The quantitative estimate of drug-likeness (QED) is 0.787. The molecule has 0 bridgehead atoms. The molecule has 4 rings (SSSR count). The van der Waals surface area contributed by atoms with Crippen LogP contribution in [0.2, 0.25) is 0 Å². The van der Waals surface area contributed by atoms with Gasteiger partial charge in [-0.2, -0.15) is 0 Å². The molecule has 0 saturated carbocycles. The lowest BCUT2D eigenvalue weighted by atomic mass is 9.88. The SMILES string of the molecule is O=C(CCn1ccccc1=O)N1CCN2C(=O)OCC2(Cc2ccccc2)C1. The highest BCUT2D eigenvalue weighted by molar-refractivity contribution is 5.78. The number of amides is 2. The summed E-state index contributed by atoms with van der Waals surface area (Å²) in [5.74, 6) is -0.0119. The van der Waals surface area contributed by atoms with Gasteiger partial charge < -0.3 is 14.2 Å². The Morgan fingerprint density at radius 3 is 2.61 bits per heavy atom. The van der Waals surface area contributed by atoms with E-state index in [1.165, 1.54) is 10.6 Å². The van der Waals surface area contributed by atoms with Crippen molar-refractivity contribution in [3.8, 4) is 0 Å². The minimum absolute atomic E-state index is 0.0119. The number of aromatic nitrogens is 1. The molecule has 2 aliphatic heterocycles. The third kappa shape index (κ3) is 3.52. The van der Waals surface area contributed by atoms with Crippen LogP contribution < -0.4 is 5.56 Å². The summed E-state index contributed by atoms with van der Waals surface area (Å²) in [5.41, 5.74) is 0.460. The van der Waals surface area contributed by atoms with Crippen molar-refractivity contribution in [2.45, 2.75) is 24.9 Å². The van der Waals surface area contributed by atoms with Gasteiger partial charge in [0.25, 0.3) is 5.56 Å². The molecule has 2 aromatic rings. The van der Waals surface area contributed by atoms with Gasteiger partial charge in [0.2, 0.25) is 5.91 Å². The first kappa shape index (κ1) is 18.3. The second-order valence-corrected chi connectivity index (χ2v) is 7.39. The van der Waals surface area contributed by atoms with Gasteiger partial charge in [0, 0.05) is 51.3 Å². The molecule has 1 unspecified atom stereocenters. The number of rotatable bonds is 5. The van der Waals surface area contributed by atoms with Gasteiger partial charge in [-0.25, -0.2) is 4.79 Å². The highest BCUT2D eigenvalue weighted by Gasteiger charge is 2.51. The van der Waals surface area contributed by atoms with E-state index in [1.807, 2.05) is 30.3 Å². The lowest BCUT2D eigenvalue weighted by molar-refractivity contribution is -0.135. The molecule has 7 heteroatoms. The third-order valence-corrected chi connectivity index (χ3v) is 5.53. The zero-order valence-corrected chi connectivity index (χ0v) is 15.6. The van der Waals surface area contributed by atoms with E-state index in [9.17, 15) is 14.4 Å². The van der Waals surface area contributed by atoms with E-state index in [4.69, 9.17) is 4.74 Å². The Balaban J connectivity index is 1.47. The molecule has 0 N–H and O–H groups in total. The van der Waals surface area contributed by atoms with Gasteiger partial charge in [-0.05, 0) is 11.6 Å². The molecule has 1 aromatic heterocycles. The fourth-order valence-corrected chi connectivity index (χ4v) is 4.07. The van der Waals surface area contributed by atoms with Crippen LogP contribution in [0.4, 0.5) is 4.79 Å². The summed E-state index contributed by atoms with van der Waals surface area (Å²) in [6, 6.07) is 14.9. The van der Waals surface area contributed by atoms with E-state index in [0.717, 1.165) is 5.56 Å². The molecule has 2 saturated heterocycles. The van der Waals surface area contributed by atoms with Crippen molar-refractivity contribution in [2.75, 3.05) is 26.2 Å². The monoisotopic (exact) mass is 381 g/mol. The lowest BCUT2D eigenvalue weighted by Gasteiger charge is -2.44. The van der Waals surface area contributed by atoms with Gasteiger partial charge in [-0.3, -0.25) is 14.5 Å². The molecule has 146 valence electrons.